The van der Waals surface area contributed by atoms with Gasteiger partial charge in [-0.1, -0.05) is 6.07 Å². The van der Waals surface area contributed by atoms with E-state index in [4.69, 9.17) is 4.74 Å². The van der Waals surface area contributed by atoms with Crippen molar-refractivity contribution in [1.82, 2.24) is 4.90 Å². The molecule has 8 heteroatoms. The lowest BCUT2D eigenvalue weighted by Gasteiger charge is -2.23. The van der Waals surface area contributed by atoms with E-state index in [1.54, 1.807) is 19.2 Å². The van der Waals surface area contributed by atoms with E-state index in [1.807, 2.05) is 0 Å². The molecule has 0 N–H and O–H groups in total. The van der Waals surface area contributed by atoms with Crippen molar-refractivity contribution in [3.63, 3.8) is 0 Å². The normalized spacial score (nSPS) is 19.7. The molecule has 1 unspecified atom stereocenters. The van der Waals surface area contributed by atoms with Crippen molar-refractivity contribution in [2.24, 2.45) is 0 Å². The van der Waals surface area contributed by atoms with E-state index in [-0.39, 0.29) is 35.9 Å². The van der Waals surface area contributed by atoms with Crippen LogP contribution in [-0.4, -0.2) is 50.9 Å². The first-order chi connectivity index (χ1) is 11.3. The van der Waals surface area contributed by atoms with Crippen LogP contribution < -0.4 is 0 Å². The second kappa shape index (κ2) is 6.42. The SMILES string of the molecule is COCc1c(C(=O)N(C)C2CCS(=O)(=O)C2)sc2cccc(F)c12. The number of amides is 1. The Bertz CT molecular complexity index is 891. The fourth-order valence-electron chi connectivity index (χ4n) is 3.03. The Kier molecular flexibility index (Phi) is 4.63. The van der Waals surface area contributed by atoms with Gasteiger partial charge in [0.15, 0.2) is 9.84 Å². The third-order valence-corrected chi connectivity index (χ3v) is 7.26. The Balaban J connectivity index is 2.00. The van der Waals surface area contributed by atoms with Crippen LogP contribution in [0.25, 0.3) is 10.1 Å². The van der Waals surface area contributed by atoms with Crippen LogP contribution >= 0.6 is 11.3 Å². The van der Waals surface area contributed by atoms with E-state index in [0.29, 0.717) is 26.9 Å². The highest BCUT2D eigenvalue weighted by molar-refractivity contribution is 7.91. The smallest absolute Gasteiger partial charge is 0.264 e. The largest absolute Gasteiger partial charge is 0.380 e. The van der Waals surface area contributed by atoms with Crippen LogP contribution in [0.4, 0.5) is 4.39 Å². The molecule has 3 rings (SSSR count). The molecule has 130 valence electrons. The molecule has 0 bridgehead atoms. The maximum absolute atomic E-state index is 14.2. The summed E-state index contributed by atoms with van der Waals surface area (Å²) < 4.78 is 43.3. The summed E-state index contributed by atoms with van der Waals surface area (Å²) in [6, 6.07) is 4.38. The molecule has 5 nitrogen and oxygen atoms in total. The number of hydrogen-bond acceptors (Lipinski definition) is 5. The first-order valence-corrected chi connectivity index (χ1v) is 10.1. The third-order valence-electron chi connectivity index (χ3n) is 4.32. The Labute approximate surface area is 143 Å². The molecule has 0 saturated carbocycles. The van der Waals surface area contributed by atoms with Crippen molar-refractivity contribution in [2.75, 3.05) is 25.7 Å². The molecule has 24 heavy (non-hydrogen) atoms. The summed E-state index contributed by atoms with van der Waals surface area (Å²) in [5, 5.41) is 0.403. The standard InChI is InChI=1S/C16H18FNO4S2/c1-18(10-6-7-24(20,21)9-10)16(19)15-11(8-22-2)14-12(17)4-3-5-13(14)23-15/h3-5,10H,6-9H2,1-2H3. The summed E-state index contributed by atoms with van der Waals surface area (Å²) in [5.74, 6) is -0.597. The van der Waals surface area contributed by atoms with Gasteiger partial charge in [-0.3, -0.25) is 4.79 Å². The predicted molar refractivity (Wildman–Crippen MR) is 91.6 cm³/mol. The van der Waals surface area contributed by atoms with Gasteiger partial charge in [0, 0.05) is 35.8 Å². The fraction of sp³-hybridized carbons (Fsp3) is 0.438. The number of ether oxygens (including phenoxy) is 1. The number of benzene rings is 1. The molecule has 1 aromatic heterocycles. The van der Waals surface area contributed by atoms with Gasteiger partial charge in [-0.15, -0.1) is 11.3 Å². The van der Waals surface area contributed by atoms with Gasteiger partial charge in [-0.05, 0) is 18.6 Å². The number of hydrogen-bond donors (Lipinski definition) is 0. The molecule has 0 spiro atoms. The lowest BCUT2D eigenvalue weighted by Crippen LogP contribution is -2.37. The highest BCUT2D eigenvalue weighted by Gasteiger charge is 2.34. The number of halogens is 1. The highest BCUT2D eigenvalue weighted by atomic mass is 32.2. The topological polar surface area (TPSA) is 63.7 Å². The van der Waals surface area contributed by atoms with Crippen LogP contribution in [0.3, 0.4) is 0 Å². The molecule has 2 aromatic rings. The number of fused-ring (bicyclic) bond motifs is 1. The maximum atomic E-state index is 14.2. The van der Waals surface area contributed by atoms with Gasteiger partial charge in [-0.2, -0.15) is 0 Å². The second-order valence-corrected chi connectivity index (χ2v) is 9.21. The lowest BCUT2D eigenvalue weighted by molar-refractivity contribution is 0.0748. The van der Waals surface area contributed by atoms with Crippen molar-refractivity contribution >= 4 is 37.2 Å². The Morgan fingerprint density at radius 1 is 1.46 bits per heavy atom. The summed E-state index contributed by atoms with van der Waals surface area (Å²) in [7, 11) is 0.0112. The van der Waals surface area contributed by atoms with E-state index in [2.05, 4.69) is 0 Å². The minimum absolute atomic E-state index is 0.0197. The number of rotatable bonds is 4. The quantitative estimate of drug-likeness (QED) is 0.828. The van der Waals surface area contributed by atoms with Crippen molar-refractivity contribution in [3.05, 3.63) is 34.5 Å². The van der Waals surface area contributed by atoms with Crippen LogP contribution in [0.5, 0.6) is 0 Å². The van der Waals surface area contributed by atoms with E-state index >= 15 is 0 Å². The van der Waals surface area contributed by atoms with Crippen molar-refractivity contribution in [3.8, 4) is 0 Å². The van der Waals surface area contributed by atoms with Crippen molar-refractivity contribution in [2.45, 2.75) is 19.1 Å². The molecule has 1 fully saturated rings. The van der Waals surface area contributed by atoms with Gasteiger partial charge in [0.2, 0.25) is 0 Å². The van der Waals surface area contributed by atoms with E-state index in [1.165, 1.54) is 29.4 Å². The average Bonchev–Trinajstić information content (AvgIpc) is 3.08. The van der Waals surface area contributed by atoms with Crippen LogP contribution in [0, 0.1) is 5.82 Å². The number of methoxy groups -OCH3 is 1. The summed E-state index contributed by atoms with van der Waals surface area (Å²) in [4.78, 5) is 14.8. The first kappa shape index (κ1) is 17.3. The monoisotopic (exact) mass is 371 g/mol. The molecule has 1 atom stereocenters. The Morgan fingerprint density at radius 3 is 2.83 bits per heavy atom. The summed E-state index contributed by atoms with van der Waals surface area (Å²) in [5.41, 5.74) is 0.522. The van der Waals surface area contributed by atoms with Crippen LogP contribution in [-0.2, 0) is 21.2 Å². The van der Waals surface area contributed by atoms with Gasteiger partial charge in [0.05, 0.1) is 23.0 Å². The molecule has 1 amide bonds. The Morgan fingerprint density at radius 2 is 2.21 bits per heavy atom. The van der Waals surface area contributed by atoms with Gasteiger partial charge in [0.25, 0.3) is 5.91 Å². The van der Waals surface area contributed by atoms with Crippen LogP contribution in [0.1, 0.15) is 21.7 Å². The van der Waals surface area contributed by atoms with Gasteiger partial charge in [0.1, 0.15) is 5.82 Å². The summed E-state index contributed by atoms with van der Waals surface area (Å²) >= 11 is 1.21. The number of carbonyl (C=O) groups excluding carboxylic acids is 1. The van der Waals surface area contributed by atoms with E-state index < -0.39 is 9.84 Å². The number of sulfone groups is 1. The fourth-order valence-corrected chi connectivity index (χ4v) is 6.01. The summed E-state index contributed by atoms with van der Waals surface area (Å²) in [6.07, 6.45) is 0.434. The van der Waals surface area contributed by atoms with Gasteiger partial charge < -0.3 is 9.64 Å². The molecule has 2 heterocycles. The van der Waals surface area contributed by atoms with Crippen LogP contribution in [0.15, 0.2) is 18.2 Å². The molecule has 0 aliphatic carbocycles. The minimum Gasteiger partial charge on any atom is -0.380 e. The average molecular weight is 371 g/mol. The third kappa shape index (κ3) is 3.05. The van der Waals surface area contributed by atoms with E-state index in [0.717, 1.165) is 0 Å². The van der Waals surface area contributed by atoms with Gasteiger partial charge in [-0.25, -0.2) is 12.8 Å². The zero-order valence-electron chi connectivity index (χ0n) is 13.4. The molecule has 0 radical (unpaired) electrons. The van der Waals surface area contributed by atoms with Crippen molar-refractivity contribution < 1.29 is 22.3 Å². The number of nitrogens with zero attached hydrogens (tertiary/aromatic N) is 1. The zero-order chi connectivity index (χ0) is 17.5. The molecule has 1 saturated heterocycles. The zero-order valence-corrected chi connectivity index (χ0v) is 15.0. The highest BCUT2D eigenvalue weighted by Crippen LogP contribution is 2.35. The maximum Gasteiger partial charge on any atom is 0.264 e. The molecule has 1 aliphatic heterocycles. The molecular weight excluding hydrogens is 353 g/mol. The van der Waals surface area contributed by atoms with Crippen LogP contribution in [0.2, 0.25) is 0 Å². The van der Waals surface area contributed by atoms with Gasteiger partial charge >= 0.3 is 0 Å². The molecule has 1 aliphatic rings. The number of carbonyl (C=O) groups is 1. The molecular formula is C16H18FNO4S2. The van der Waals surface area contributed by atoms with Crippen molar-refractivity contribution in [1.29, 1.82) is 0 Å². The first-order valence-electron chi connectivity index (χ1n) is 7.50. The second-order valence-electron chi connectivity index (χ2n) is 5.93. The minimum atomic E-state index is -3.08. The Hall–Kier alpha value is -1.51. The molecule has 1 aromatic carbocycles. The lowest BCUT2D eigenvalue weighted by atomic mass is 10.1. The summed E-state index contributed by atoms with van der Waals surface area (Å²) in [6.45, 7) is 0.124. The number of thiophene rings is 1. The van der Waals surface area contributed by atoms with E-state index in [9.17, 15) is 17.6 Å². The predicted octanol–water partition coefficient (Wildman–Crippen LogP) is 2.45.